The minimum absolute atomic E-state index is 0.0197. The molecule has 0 saturated carbocycles. The van der Waals surface area contributed by atoms with Crippen molar-refractivity contribution >= 4 is 43.5 Å². The summed E-state index contributed by atoms with van der Waals surface area (Å²) in [5.74, 6) is -0.161. The Morgan fingerprint density at radius 1 is 1.17 bits per heavy atom. The molecule has 0 unspecified atom stereocenters. The predicted molar refractivity (Wildman–Crippen MR) is 97.6 cm³/mol. The molecule has 0 heterocycles. The molecule has 0 bridgehead atoms. The van der Waals surface area contributed by atoms with Crippen LogP contribution in [0, 0.1) is 0 Å². The lowest BCUT2D eigenvalue weighted by molar-refractivity contribution is 0.0956. The molecule has 0 saturated heterocycles. The molecule has 8 heteroatoms. The zero-order chi connectivity index (χ0) is 17.7. The SMILES string of the molecule is CCNC(=O)c1ccc(CNS(=O)(=O)c2ccc(Br)cc2Cl)cc1. The fraction of sp³-hybridized carbons (Fsp3) is 0.188. The third-order valence-electron chi connectivity index (χ3n) is 3.20. The number of benzene rings is 2. The Morgan fingerprint density at radius 3 is 2.42 bits per heavy atom. The number of nitrogens with one attached hydrogen (secondary N) is 2. The molecular weight excluding hydrogens is 416 g/mol. The van der Waals surface area contributed by atoms with E-state index < -0.39 is 10.0 Å². The highest BCUT2D eigenvalue weighted by Gasteiger charge is 2.17. The van der Waals surface area contributed by atoms with Gasteiger partial charge in [-0.3, -0.25) is 4.79 Å². The highest BCUT2D eigenvalue weighted by atomic mass is 79.9. The average Bonchev–Trinajstić information content (AvgIpc) is 2.53. The predicted octanol–water partition coefficient (Wildman–Crippen LogP) is 3.33. The molecule has 24 heavy (non-hydrogen) atoms. The summed E-state index contributed by atoms with van der Waals surface area (Å²) in [6, 6.07) is 11.3. The molecule has 2 N–H and O–H groups in total. The number of halogens is 2. The van der Waals surface area contributed by atoms with Crippen molar-refractivity contribution in [1.29, 1.82) is 0 Å². The zero-order valence-electron chi connectivity index (χ0n) is 12.8. The molecule has 2 aromatic carbocycles. The Hall–Kier alpha value is -1.41. The van der Waals surface area contributed by atoms with Gasteiger partial charge in [0.25, 0.3) is 5.91 Å². The van der Waals surface area contributed by atoms with Crippen LogP contribution in [0.4, 0.5) is 0 Å². The average molecular weight is 432 g/mol. The zero-order valence-corrected chi connectivity index (χ0v) is 16.0. The van der Waals surface area contributed by atoms with E-state index in [0.29, 0.717) is 16.6 Å². The second-order valence-corrected chi connectivity index (χ2v) is 8.01. The van der Waals surface area contributed by atoms with Gasteiger partial charge in [-0.05, 0) is 42.8 Å². The van der Waals surface area contributed by atoms with Gasteiger partial charge in [0, 0.05) is 23.1 Å². The smallest absolute Gasteiger partial charge is 0.251 e. The van der Waals surface area contributed by atoms with E-state index in [4.69, 9.17) is 11.6 Å². The third-order valence-corrected chi connectivity index (χ3v) is 5.58. The van der Waals surface area contributed by atoms with Crippen molar-refractivity contribution in [3.8, 4) is 0 Å². The summed E-state index contributed by atoms with van der Waals surface area (Å²) in [7, 11) is -3.72. The number of hydrogen-bond donors (Lipinski definition) is 2. The molecule has 0 fully saturated rings. The molecule has 0 aliphatic heterocycles. The van der Waals surface area contributed by atoms with E-state index in [0.717, 1.165) is 5.56 Å². The normalized spacial score (nSPS) is 11.3. The van der Waals surface area contributed by atoms with E-state index >= 15 is 0 Å². The fourth-order valence-electron chi connectivity index (χ4n) is 1.99. The van der Waals surface area contributed by atoms with Crippen LogP contribution < -0.4 is 10.0 Å². The standard InChI is InChI=1S/C16H16BrClN2O3S/c1-2-19-16(21)12-5-3-11(4-6-12)10-20-24(22,23)15-8-7-13(17)9-14(15)18/h3-9,20H,2,10H2,1H3,(H,19,21). The number of sulfonamides is 1. The Balaban J connectivity index is 2.08. The molecule has 0 atom stereocenters. The van der Waals surface area contributed by atoms with Crippen molar-refractivity contribution in [1.82, 2.24) is 10.0 Å². The molecular formula is C16H16BrClN2O3S. The molecule has 2 rings (SSSR count). The molecule has 0 aromatic heterocycles. The van der Waals surface area contributed by atoms with Gasteiger partial charge in [0.1, 0.15) is 4.90 Å². The van der Waals surface area contributed by atoms with Gasteiger partial charge in [0.15, 0.2) is 0 Å². The maximum atomic E-state index is 12.3. The van der Waals surface area contributed by atoms with Crippen LogP contribution in [0.2, 0.25) is 5.02 Å². The fourth-order valence-corrected chi connectivity index (χ4v) is 4.04. The lowest BCUT2D eigenvalue weighted by Crippen LogP contribution is -2.24. The van der Waals surface area contributed by atoms with E-state index in [2.05, 4.69) is 26.0 Å². The topological polar surface area (TPSA) is 75.3 Å². The van der Waals surface area contributed by atoms with Crippen LogP contribution in [0.1, 0.15) is 22.8 Å². The summed E-state index contributed by atoms with van der Waals surface area (Å²) in [4.78, 5) is 11.7. The first-order valence-corrected chi connectivity index (χ1v) is 9.80. The van der Waals surface area contributed by atoms with Gasteiger partial charge in [-0.2, -0.15) is 0 Å². The summed E-state index contributed by atoms with van der Waals surface area (Å²) >= 11 is 9.22. The van der Waals surface area contributed by atoms with Crippen LogP contribution in [0.15, 0.2) is 51.8 Å². The highest BCUT2D eigenvalue weighted by molar-refractivity contribution is 9.10. The minimum Gasteiger partial charge on any atom is -0.352 e. The van der Waals surface area contributed by atoms with Gasteiger partial charge in [0.05, 0.1) is 5.02 Å². The number of carbonyl (C=O) groups excluding carboxylic acids is 1. The molecule has 0 radical (unpaired) electrons. The van der Waals surface area contributed by atoms with Crippen molar-refractivity contribution in [2.45, 2.75) is 18.4 Å². The first-order valence-electron chi connectivity index (χ1n) is 7.15. The highest BCUT2D eigenvalue weighted by Crippen LogP contribution is 2.25. The molecule has 5 nitrogen and oxygen atoms in total. The lowest BCUT2D eigenvalue weighted by atomic mass is 10.1. The first-order chi connectivity index (χ1) is 11.3. The van der Waals surface area contributed by atoms with Gasteiger partial charge in [-0.25, -0.2) is 13.1 Å². The van der Waals surface area contributed by atoms with Gasteiger partial charge < -0.3 is 5.32 Å². The molecule has 1 amide bonds. The van der Waals surface area contributed by atoms with E-state index in [1.807, 2.05) is 6.92 Å². The van der Waals surface area contributed by atoms with Gasteiger partial charge in [-0.1, -0.05) is 39.7 Å². The maximum Gasteiger partial charge on any atom is 0.251 e. The number of hydrogen-bond acceptors (Lipinski definition) is 3. The lowest BCUT2D eigenvalue weighted by Gasteiger charge is -2.09. The van der Waals surface area contributed by atoms with E-state index in [1.165, 1.54) is 12.1 Å². The largest absolute Gasteiger partial charge is 0.352 e. The Morgan fingerprint density at radius 2 is 1.83 bits per heavy atom. The summed E-state index contributed by atoms with van der Waals surface area (Å²) < 4.78 is 27.8. The van der Waals surface area contributed by atoms with E-state index in [-0.39, 0.29) is 22.4 Å². The summed E-state index contributed by atoms with van der Waals surface area (Å²) in [6.45, 7) is 2.49. The van der Waals surface area contributed by atoms with Crippen molar-refractivity contribution in [2.24, 2.45) is 0 Å². The molecule has 0 spiro atoms. The van der Waals surface area contributed by atoms with Crippen LogP contribution in [-0.2, 0) is 16.6 Å². The summed E-state index contributed by atoms with van der Waals surface area (Å²) in [6.07, 6.45) is 0. The minimum atomic E-state index is -3.72. The van der Waals surface area contributed by atoms with E-state index in [9.17, 15) is 13.2 Å². The Bertz CT molecular complexity index is 839. The van der Waals surface area contributed by atoms with Crippen LogP contribution in [0.25, 0.3) is 0 Å². The van der Waals surface area contributed by atoms with Crippen LogP contribution in [-0.4, -0.2) is 20.9 Å². The molecule has 0 aliphatic rings. The third kappa shape index (κ3) is 4.80. The van der Waals surface area contributed by atoms with Crippen molar-refractivity contribution in [3.63, 3.8) is 0 Å². The van der Waals surface area contributed by atoms with Gasteiger partial charge >= 0.3 is 0 Å². The van der Waals surface area contributed by atoms with E-state index in [1.54, 1.807) is 30.3 Å². The number of amides is 1. The summed E-state index contributed by atoms with van der Waals surface area (Å²) in [5.41, 5.74) is 1.26. The second kappa shape index (κ2) is 8.11. The summed E-state index contributed by atoms with van der Waals surface area (Å²) in [5, 5.41) is 2.84. The van der Waals surface area contributed by atoms with Gasteiger partial charge in [-0.15, -0.1) is 0 Å². The van der Waals surface area contributed by atoms with Crippen molar-refractivity contribution < 1.29 is 13.2 Å². The first kappa shape index (κ1) is 18.9. The van der Waals surface area contributed by atoms with Crippen LogP contribution in [0.5, 0.6) is 0 Å². The van der Waals surface area contributed by atoms with Crippen LogP contribution >= 0.6 is 27.5 Å². The van der Waals surface area contributed by atoms with Gasteiger partial charge in [0.2, 0.25) is 10.0 Å². The number of rotatable bonds is 6. The van der Waals surface area contributed by atoms with Crippen LogP contribution in [0.3, 0.4) is 0 Å². The van der Waals surface area contributed by atoms with Crippen molar-refractivity contribution in [2.75, 3.05) is 6.54 Å². The molecule has 128 valence electrons. The quantitative estimate of drug-likeness (QED) is 0.736. The second-order valence-electron chi connectivity index (χ2n) is 4.96. The number of carbonyl (C=O) groups is 1. The monoisotopic (exact) mass is 430 g/mol. The maximum absolute atomic E-state index is 12.3. The molecule has 2 aromatic rings. The Labute approximate surface area is 154 Å². The van der Waals surface area contributed by atoms with Crippen molar-refractivity contribution in [3.05, 3.63) is 63.1 Å². The molecule has 0 aliphatic carbocycles. The Kier molecular flexibility index (Phi) is 6.40.